The second kappa shape index (κ2) is 10.6. The number of aliphatic carboxylic acids is 1. The number of aromatic amines is 1. The third kappa shape index (κ3) is 5.60. The number of H-pyrrole nitrogens is 1. The number of hydrogen-bond acceptors (Lipinski definition) is 4. The van der Waals surface area contributed by atoms with Gasteiger partial charge < -0.3 is 20.3 Å². The van der Waals surface area contributed by atoms with Gasteiger partial charge in [0.25, 0.3) is 5.91 Å². The van der Waals surface area contributed by atoms with Crippen molar-refractivity contribution in [3.05, 3.63) is 93.8 Å². The van der Waals surface area contributed by atoms with Crippen LogP contribution in [-0.2, 0) is 22.4 Å². The van der Waals surface area contributed by atoms with Crippen molar-refractivity contribution in [2.24, 2.45) is 0 Å². The summed E-state index contributed by atoms with van der Waals surface area (Å²) in [4.78, 5) is 44.8. The Balaban J connectivity index is 1.57. The molecule has 3 N–H and O–H groups in total. The highest BCUT2D eigenvalue weighted by Gasteiger charge is 2.32. The van der Waals surface area contributed by atoms with Crippen LogP contribution in [0.1, 0.15) is 25.7 Å². The first-order valence-corrected chi connectivity index (χ1v) is 12.1. The van der Waals surface area contributed by atoms with Gasteiger partial charge in [0.15, 0.2) is 0 Å². The van der Waals surface area contributed by atoms with E-state index in [4.69, 9.17) is 0 Å². The van der Waals surface area contributed by atoms with Gasteiger partial charge in [-0.25, -0.2) is 4.79 Å². The Kier molecular flexibility index (Phi) is 7.31. The summed E-state index contributed by atoms with van der Waals surface area (Å²) in [6.45, 7) is 1.91. The van der Waals surface area contributed by atoms with E-state index in [9.17, 15) is 19.5 Å². The number of para-hydroxylation sites is 1. The van der Waals surface area contributed by atoms with E-state index in [1.165, 1.54) is 16.2 Å². The summed E-state index contributed by atoms with van der Waals surface area (Å²) in [7, 11) is 1.58. The molecule has 0 aliphatic heterocycles. The van der Waals surface area contributed by atoms with Gasteiger partial charge in [-0.3, -0.25) is 9.59 Å². The largest absolute Gasteiger partial charge is 0.480 e. The zero-order valence-electron chi connectivity index (χ0n) is 19.5. The molecule has 0 aliphatic rings. The average molecular weight is 490 g/mol. The van der Waals surface area contributed by atoms with Crippen molar-refractivity contribution in [2.45, 2.75) is 31.8 Å². The maximum atomic E-state index is 13.5. The van der Waals surface area contributed by atoms with Gasteiger partial charge in [-0.15, -0.1) is 11.3 Å². The van der Waals surface area contributed by atoms with Gasteiger partial charge in [0.05, 0.1) is 4.88 Å². The van der Waals surface area contributed by atoms with E-state index < -0.39 is 24.0 Å². The minimum absolute atomic E-state index is 0.116. The zero-order chi connectivity index (χ0) is 24.9. The number of rotatable bonds is 9. The average Bonchev–Trinajstić information content (AvgIpc) is 3.48. The van der Waals surface area contributed by atoms with E-state index >= 15 is 0 Å². The Labute approximate surface area is 207 Å². The summed E-state index contributed by atoms with van der Waals surface area (Å²) in [5.74, 6) is -1.92. The number of carboxylic acid groups (broad SMARTS) is 1. The maximum Gasteiger partial charge on any atom is 0.326 e. The molecule has 2 aromatic carbocycles. The number of benzene rings is 2. The summed E-state index contributed by atoms with van der Waals surface area (Å²) >= 11 is 1.36. The summed E-state index contributed by atoms with van der Waals surface area (Å²) in [6.07, 6.45) is 2.15. The summed E-state index contributed by atoms with van der Waals surface area (Å²) in [5, 5.41) is 13.5. The van der Waals surface area contributed by atoms with Crippen LogP contribution >= 0.6 is 11.3 Å². The van der Waals surface area contributed by atoms with E-state index in [-0.39, 0.29) is 18.7 Å². The minimum Gasteiger partial charge on any atom is -0.480 e. The van der Waals surface area contributed by atoms with Crippen molar-refractivity contribution in [1.82, 2.24) is 15.2 Å². The standard InChI is InChI=1S/C27H27N3O4S/c1-17-12-13-24(35-17)26(32)30(2)23(14-18-8-4-3-5-9-18)25(31)29-22(27(33)34)15-19-16-28-21-11-7-6-10-20(19)21/h3-13,16,22-23,28H,14-15H2,1-2H3,(H,29,31)(H,33,34)/t22-,23-/m0/s1. The Morgan fingerprint density at radius 3 is 2.40 bits per heavy atom. The number of aromatic nitrogens is 1. The number of fused-ring (bicyclic) bond motifs is 1. The molecule has 0 saturated heterocycles. The van der Waals surface area contributed by atoms with Gasteiger partial charge in [0.1, 0.15) is 12.1 Å². The van der Waals surface area contributed by atoms with Crippen molar-refractivity contribution in [3.63, 3.8) is 0 Å². The van der Waals surface area contributed by atoms with Crippen molar-refractivity contribution in [1.29, 1.82) is 0 Å². The Bertz CT molecular complexity index is 1340. The van der Waals surface area contributed by atoms with Gasteiger partial charge in [-0.2, -0.15) is 0 Å². The smallest absolute Gasteiger partial charge is 0.326 e. The van der Waals surface area contributed by atoms with Gasteiger partial charge in [-0.1, -0.05) is 48.5 Å². The molecule has 0 radical (unpaired) electrons. The van der Waals surface area contributed by atoms with Crippen LogP contribution in [0.5, 0.6) is 0 Å². The number of nitrogens with one attached hydrogen (secondary N) is 2. The van der Waals surface area contributed by atoms with Crippen LogP contribution in [0.2, 0.25) is 0 Å². The van der Waals surface area contributed by atoms with Gasteiger partial charge in [0, 0.05) is 41.9 Å². The highest BCUT2D eigenvalue weighted by Crippen LogP contribution is 2.21. The number of nitrogens with zero attached hydrogens (tertiary/aromatic N) is 1. The molecule has 180 valence electrons. The molecule has 0 fully saturated rings. The number of aryl methyl sites for hydroxylation is 1. The van der Waals surface area contributed by atoms with Crippen LogP contribution in [0.3, 0.4) is 0 Å². The molecular weight excluding hydrogens is 462 g/mol. The van der Waals surface area contributed by atoms with Gasteiger partial charge >= 0.3 is 5.97 Å². The number of carbonyl (C=O) groups is 3. The summed E-state index contributed by atoms with van der Waals surface area (Å²) < 4.78 is 0. The van der Waals surface area contributed by atoms with E-state index in [1.54, 1.807) is 19.3 Å². The molecule has 0 saturated carbocycles. The lowest BCUT2D eigenvalue weighted by atomic mass is 10.0. The number of carboxylic acids is 1. The van der Waals surface area contributed by atoms with Crippen molar-refractivity contribution >= 4 is 40.0 Å². The summed E-state index contributed by atoms with van der Waals surface area (Å²) in [5.41, 5.74) is 2.57. The first kappa shape index (κ1) is 24.2. The van der Waals surface area contributed by atoms with Crippen molar-refractivity contribution in [3.8, 4) is 0 Å². The number of amides is 2. The fraction of sp³-hybridized carbons (Fsp3) is 0.222. The molecule has 4 rings (SSSR count). The van der Waals surface area contributed by atoms with Gasteiger partial charge in [-0.05, 0) is 36.2 Å². The second-order valence-corrected chi connectivity index (χ2v) is 9.78. The van der Waals surface area contributed by atoms with Crippen LogP contribution in [0.15, 0.2) is 72.9 Å². The lowest BCUT2D eigenvalue weighted by molar-refractivity contribution is -0.142. The molecule has 0 bridgehead atoms. The normalized spacial score (nSPS) is 12.7. The Morgan fingerprint density at radius 1 is 1.00 bits per heavy atom. The molecule has 35 heavy (non-hydrogen) atoms. The fourth-order valence-corrected chi connectivity index (χ4v) is 4.95. The minimum atomic E-state index is -1.15. The van der Waals surface area contributed by atoms with Crippen molar-refractivity contribution < 1.29 is 19.5 Å². The van der Waals surface area contributed by atoms with E-state index in [0.29, 0.717) is 4.88 Å². The molecule has 2 heterocycles. The quantitative estimate of drug-likeness (QED) is 0.330. The topological polar surface area (TPSA) is 103 Å². The van der Waals surface area contributed by atoms with Crippen LogP contribution in [0.25, 0.3) is 10.9 Å². The first-order chi connectivity index (χ1) is 16.8. The fourth-order valence-electron chi connectivity index (χ4n) is 4.10. The van der Waals surface area contributed by atoms with Crippen LogP contribution in [0.4, 0.5) is 0 Å². The van der Waals surface area contributed by atoms with Crippen LogP contribution in [-0.4, -0.2) is 51.9 Å². The molecule has 2 aromatic heterocycles. The highest BCUT2D eigenvalue weighted by atomic mass is 32.1. The lowest BCUT2D eigenvalue weighted by Gasteiger charge is -2.28. The predicted octanol–water partition coefficient (Wildman–Crippen LogP) is 4.03. The molecule has 2 atom stereocenters. The van der Waals surface area contributed by atoms with E-state index in [0.717, 1.165) is 26.9 Å². The molecule has 0 spiro atoms. The third-order valence-electron chi connectivity index (χ3n) is 6.03. The van der Waals surface area contributed by atoms with E-state index in [1.807, 2.05) is 67.6 Å². The number of hydrogen-bond donors (Lipinski definition) is 3. The maximum absolute atomic E-state index is 13.5. The van der Waals surface area contributed by atoms with Crippen LogP contribution in [0, 0.1) is 6.92 Å². The molecule has 0 aliphatic carbocycles. The number of carbonyl (C=O) groups excluding carboxylic acids is 2. The molecule has 2 amide bonds. The molecule has 0 unspecified atom stereocenters. The molecule has 4 aromatic rings. The van der Waals surface area contributed by atoms with Gasteiger partial charge in [0.2, 0.25) is 5.91 Å². The Morgan fingerprint density at radius 2 is 1.71 bits per heavy atom. The van der Waals surface area contributed by atoms with E-state index in [2.05, 4.69) is 10.3 Å². The van der Waals surface area contributed by atoms with Crippen molar-refractivity contribution in [2.75, 3.05) is 7.05 Å². The monoisotopic (exact) mass is 489 g/mol. The molecule has 8 heteroatoms. The third-order valence-corrected chi connectivity index (χ3v) is 7.02. The predicted molar refractivity (Wildman–Crippen MR) is 137 cm³/mol. The number of thiophene rings is 1. The Hall–Kier alpha value is -3.91. The second-order valence-electron chi connectivity index (χ2n) is 8.49. The molecular formula is C27H27N3O4S. The zero-order valence-corrected chi connectivity index (χ0v) is 20.3. The SMILES string of the molecule is Cc1ccc(C(=O)N(C)[C@@H](Cc2ccccc2)C(=O)N[C@@H](Cc2c[nH]c3ccccc23)C(=O)O)s1. The highest BCUT2D eigenvalue weighted by molar-refractivity contribution is 7.13. The molecule has 7 nitrogen and oxygen atoms in total. The van der Waals surface area contributed by atoms with Crippen LogP contribution < -0.4 is 5.32 Å². The first-order valence-electron chi connectivity index (χ1n) is 11.3. The lowest BCUT2D eigenvalue weighted by Crippen LogP contribution is -2.53. The number of likely N-dealkylation sites (N-methyl/N-ethyl adjacent to an activating group) is 1. The summed E-state index contributed by atoms with van der Waals surface area (Å²) in [6, 6.07) is 18.6.